The number of nitrogens with one attached hydrogen (secondary N) is 1. The summed E-state index contributed by atoms with van der Waals surface area (Å²) in [7, 11) is -6.11. The van der Waals surface area contributed by atoms with Gasteiger partial charge in [-0.1, -0.05) is 5.92 Å². The molecule has 0 atom stereocenters. The Morgan fingerprint density at radius 1 is 1.06 bits per heavy atom. The van der Waals surface area contributed by atoms with E-state index in [9.17, 15) is 5.11 Å². The van der Waals surface area contributed by atoms with Crippen molar-refractivity contribution in [2.75, 3.05) is 45.7 Å². The van der Waals surface area contributed by atoms with Gasteiger partial charge in [0.25, 0.3) is 0 Å². The molecule has 0 fully saturated rings. The Morgan fingerprint density at radius 3 is 2.52 bits per heavy atom. The summed E-state index contributed by atoms with van der Waals surface area (Å²) in [4.78, 5) is 8.39. The molecule has 1 heterocycles. The first-order valence-corrected chi connectivity index (χ1v) is 8.84. The standard InChI is InChI=1S/C23H25N3O5/c1-4-5-16-12-17(6-7-20(16)27)26-23-18-13-21(30-10-8-28-2)22(31-11-9-29-3)14-19(18)24-15-25-23/h6-7,12-15,27H,8-11H2,1-3H3,(H,24,25,26)/i2D3,3D3,8D2,9D2. The molecular weight excluding hydrogens is 398 g/mol. The Bertz CT molecular complexity index is 1450. The molecule has 0 saturated heterocycles. The molecule has 0 amide bonds. The van der Waals surface area contributed by atoms with E-state index in [-0.39, 0.29) is 28.6 Å². The minimum Gasteiger partial charge on any atom is -0.507 e. The van der Waals surface area contributed by atoms with E-state index in [0.29, 0.717) is 16.6 Å². The van der Waals surface area contributed by atoms with Gasteiger partial charge in [-0.2, -0.15) is 0 Å². The number of aromatic hydroxyl groups is 1. The number of nitrogens with zero attached hydrogens (tertiary/aromatic N) is 2. The molecule has 2 aromatic carbocycles. The van der Waals surface area contributed by atoms with E-state index in [4.69, 9.17) is 23.2 Å². The number of hydrogen-bond acceptors (Lipinski definition) is 8. The number of aromatic nitrogens is 2. The number of rotatable bonds is 10. The molecule has 0 unspecified atom stereocenters. The van der Waals surface area contributed by atoms with Gasteiger partial charge < -0.3 is 29.4 Å². The molecule has 0 aliphatic heterocycles. The molecule has 0 spiro atoms. The van der Waals surface area contributed by atoms with Crippen LogP contribution in [-0.2, 0) is 9.47 Å². The molecule has 8 heteroatoms. The normalized spacial score (nSPS) is 16.9. The number of phenols is 1. The predicted octanol–water partition coefficient (Wildman–Crippen LogP) is 3.50. The second-order valence-electron chi connectivity index (χ2n) is 5.84. The Balaban J connectivity index is 2.01. The number of hydrogen-bond donors (Lipinski definition) is 2. The summed E-state index contributed by atoms with van der Waals surface area (Å²) in [6.07, 6.45) is 1.22. The Labute approximate surface area is 195 Å². The molecule has 0 aliphatic rings. The third-order valence-corrected chi connectivity index (χ3v) is 3.94. The second-order valence-corrected chi connectivity index (χ2v) is 5.84. The first-order chi connectivity index (χ1) is 18.9. The lowest BCUT2D eigenvalue weighted by Gasteiger charge is -2.15. The summed E-state index contributed by atoms with van der Waals surface area (Å²) in [6, 6.07) is 7.25. The van der Waals surface area contributed by atoms with Crippen molar-refractivity contribution in [3.05, 3.63) is 42.2 Å². The fourth-order valence-electron chi connectivity index (χ4n) is 2.65. The minimum atomic E-state index is -3.06. The van der Waals surface area contributed by atoms with E-state index in [1.807, 2.05) is 0 Å². The summed E-state index contributed by atoms with van der Waals surface area (Å²) >= 11 is 0. The molecule has 2 N–H and O–H groups in total. The fourth-order valence-corrected chi connectivity index (χ4v) is 2.65. The lowest BCUT2D eigenvalue weighted by molar-refractivity contribution is 0.132. The first-order valence-electron chi connectivity index (χ1n) is 13.8. The van der Waals surface area contributed by atoms with Crippen molar-refractivity contribution < 1.29 is 37.8 Å². The highest BCUT2D eigenvalue weighted by molar-refractivity contribution is 5.93. The van der Waals surface area contributed by atoms with Crippen LogP contribution >= 0.6 is 0 Å². The van der Waals surface area contributed by atoms with Crippen LogP contribution in [0.25, 0.3) is 10.9 Å². The van der Waals surface area contributed by atoms with Gasteiger partial charge in [0, 0.05) is 31.2 Å². The molecule has 8 nitrogen and oxygen atoms in total. The van der Waals surface area contributed by atoms with Crippen LogP contribution in [0.1, 0.15) is 26.2 Å². The maximum atomic E-state index is 10.0. The van der Waals surface area contributed by atoms with E-state index in [2.05, 4.69) is 36.6 Å². The largest absolute Gasteiger partial charge is 0.507 e. The fraction of sp³-hybridized carbons (Fsp3) is 0.304. The summed E-state index contributed by atoms with van der Waals surface area (Å²) in [5.41, 5.74) is 1.12. The number of ether oxygens (including phenoxy) is 4. The van der Waals surface area contributed by atoms with Gasteiger partial charge in [-0.3, -0.25) is 0 Å². The van der Waals surface area contributed by atoms with Crippen LogP contribution in [-0.4, -0.2) is 55.5 Å². The summed E-state index contributed by atoms with van der Waals surface area (Å²) < 4.78 is 94.0. The lowest BCUT2D eigenvalue weighted by atomic mass is 10.1. The van der Waals surface area contributed by atoms with Crippen molar-refractivity contribution in [1.29, 1.82) is 0 Å². The highest BCUT2D eigenvalue weighted by Gasteiger charge is 2.13. The minimum absolute atomic E-state index is 0.0224. The topological polar surface area (TPSA) is 95.0 Å². The SMILES string of the molecule is [2H]C([2H])([2H])OC([2H])([2H])COc1cc2ncnc(Nc3ccc(O)c(C#CC)c3)c2cc1OCC([2H])([2H])OC([2H])([2H])[2H]. The van der Waals surface area contributed by atoms with Crippen LogP contribution < -0.4 is 14.8 Å². The van der Waals surface area contributed by atoms with E-state index >= 15 is 0 Å². The third-order valence-electron chi connectivity index (χ3n) is 3.94. The maximum absolute atomic E-state index is 10.0. The van der Waals surface area contributed by atoms with Gasteiger partial charge in [0.05, 0.1) is 37.9 Å². The molecule has 162 valence electrons. The van der Waals surface area contributed by atoms with Crippen LogP contribution in [0, 0.1) is 11.8 Å². The van der Waals surface area contributed by atoms with E-state index in [1.54, 1.807) is 19.1 Å². The number of benzene rings is 2. The molecule has 0 radical (unpaired) electrons. The third kappa shape index (κ3) is 5.75. The van der Waals surface area contributed by atoms with Gasteiger partial charge in [-0.15, -0.1) is 5.92 Å². The molecule has 0 aliphatic carbocycles. The highest BCUT2D eigenvalue weighted by atomic mass is 16.5. The number of fused-ring (bicyclic) bond motifs is 1. The molecule has 3 aromatic rings. The molecular formula is C23H25N3O5. The van der Waals surface area contributed by atoms with Crippen molar-refractivity contribution in [3.63, 3.8) is 0 Å². The first kappa shape index (κ1) is 12.3. The van der Waals surface area contributed by atoms with Crippen LogP contribution in [0.3, 0.4) is 0 Å². The average molecular weight is 434 g/mol. The van der Waals surface area contributed by atoms with Crippen molar-refractivity contribution in [2.45, 2.75) is 6.92 Å². The second kappa shape index (κ2) is 11.0. The molecule has 31 heavy (non-hydrogen) atoms. The zero-order valence-electron chi connectivity index (χ0n) is 26.4. The quantitative estimate of drug-likeness (QED) is 0.371. The van der Waals surface area contributed by atoms with Crippen molar-refractivity contribution in [3.8, 4) is 29.1 Å². The Morgan fingerprint density at radius 2 is 1.81 bits per heavy atom. The van der Waals surface area contributed by atoms with Gasteiger partial charge in [-0.25, -0.2) is 9.97 Å². The zero-order valence-corrected chi connectivity index (χ0v) is 16.4. The lowest BCUT2D eigenvalue weighted by Crippen LogP contribution is -2.09. The molecule has 0 saturated carbocycles. The van der Waals surface area contributed by atoms with Gasteiger partial charge >= 0.3 is 0 Å². The van der Waals surface area contributed by atoms with Crippen LogP contribution in [0.15, 0.2) is 36.7 Å². The highest BCUT2D eigenvalue weighted by Crippen LogP contribution is 2.35. The van der Waals surface area contributed by atoms with Gasteiger partial charge in [-0.05, 0) is 31.2 Å². The van der Waals surface area contributed by atoms with Crippen molar-refractivity contribution in [1.82, 2.24) is 9.97 Å². The number of methoxy groups -OCH3 is 2. The molecule has 3 rings (SSSR count). The average Bonchev–Trinajstić information content (AvgIpc) is 2.81. The maximum Gasteiger partial charge on any atom is 0.163 e. The monoisotopic (exact) mass is 433 g/mol. The Hall–Kier alpha value is -3.54. The van der Waals surface area contributed by atoms with Crippen molar-refractivity contribution in [2.24, 2.45) is 0 Å². The Kier molecular flexibility index (Phi) is 4.39. The smallest absolute Gasteiger partial charge is 0.163 e. The van der Waals surface area contributed by atoms with Crippen LogP contribution in [0.2, 0.25) is 0 Å². The summed E-state index contributed by atoms with van der Waals surface area (Å²) in [5, 5.41) is 13.4. The van der Waals surface area contributed by atoms with E-state index in [0.717, 1.165) is 0 Å². The molecule has 1 aromatic heterocycles. The van der Waals surface area contributed by atoms with Crippen molar-refractivity contribution >= 4 is 22.4 Å². The number of anilines is 2. The summed E-state index contributed by atoms with van der Waals surface area (Å²) in [5.74, 6) is 5.31. The number of phenolic OH excluding ortho intramolecular Hbond substituents is 1. The van der Waals surface area contributed by atoms with Gasteiger partial charge in [0.1, 0.15) is 31.1 Å². The van der Waals surface area contributed by atoms with Gasteiger partial charge in [0.15, 0.2) is 11.5 Å². The molecule has 0 bridgehead atoms. The van der Waals surface area contributed by atoms with Crippen LogP contribution in [0.5, 0.6) is 17.2 Å². The predicted molar refractivity (Wildman–Crippen MR) is 118 cm³/mol. The van der Waals surface area contributed by atoms with E-state index < -0.39 is 40.4 Å². The van der Waals surface area contributed by atoms with Crippen LogP contribution in [0.4, 0.5) is 11.5 Å². The summed E-state index contributed by atoms with van der Waals surface area (Å²) in [6.45, 7) is -5.73. The van der Waals surface area contributed by atoms with Gasteiger partial charge in [0.2, 0.25) is 0 Å². The zero-order chi connectivity index (χ0) is 30.6. The van der Waals surface area contributed by atoms with E-state index in [1.165, 1.54) is 24.5 Å².